The van der Waals surface area contributed by atoms with E-state index in [9.17, 15) is 9.90 Å². The summed E-state index contributed by atoms with van der Waals surface area (Å²) in [4.78, 5) is 12.1. The molecule has 0 bridgehead atoms. The van der Waals surface area contributed by atoms with E-state index in [1.807, 2.05) is 18.2 Å². The van der Waals surface area contributed by atoms with Crippen LogP contribution >= 0.6 is 15.9 Å². The normalized spacial score (nSPS) is 17.7. The number of hydrogen-bond acceptors (Lipinski definition) is 3. The van der Waals surface area contributed by atoms with Crippen LogP contribution in [0.1, 0.15) is 31.2 Å². The number of hydrogen-bond donors (Lipinski definition) is 1. The zero-order valence-electron chi connectivity index (χ0n) is 10.4. The second-order valence-electron chi connectivity index (χ2n) is 4.81. The molecule has 0 aromatic heterocycles. The van der Waals surface area contributed by atoms with Crippen molar-refractivity contribution in [3.63, 3.8) is 0 Å². The molecule has 1 aromatic rings. The molecule has 1 aliphatic carbocycles. The second kappa shape index (κ2) is 5.41. The summed E-state index contributed by atoms with van der Waals surface area (Å²) >= 11 is 3.40. The van der Waals surface area contributed by atoms with Crippen LogP contribution in [-0.4, -0.2) is 23.6 Å². The molecular formula is C14H17BrO3. The lowest BCUT2D eigenvalue weighted by Gasteiger charge is -2.20. The number of carbonyl (C=O) groups is 1. The molecule has 1 aliphatic rings. The number of halogens is 1. The van der Waals surface area contributed by atoms with Gasteiger partial charge in [-0.15, -0.1) is 0 Å². The lowest BCUT2D eigenvalue weighted by atomic mass is 9.92. The third-order valence-corrected chi connectivity index (χ3v) is 4.15. The van der Waals surface area contributed by atoms with E-state index in [-0.39, 0.29) is 12.2 Å². The highest BCUT2D eigenvalue weighted by Crippen LogP contribution is 2.32. The van der Waals surface area contributed by atoms with Gasteiger partial charge in [-0.1, -0.05) is 6.07 Å². The molecule has 4 heteroatoms. The Kier molecular flexibility index (Phi) is 4.07. The molecule has 18 heavy (non-hydrogen) atoms. The van der Waals surface area contributed by atoms with Gasteiger partial charge < -0.3 is 9.84 Å². The first-order valence-electron chi connectivity index (χ1n) is 6.13. The number of methoxy groups -OCH3 is 1. The van der Waals surface area contributed by atoms with E-state index in [0.717, 1.165) is 28.6 Å². The van der Waals surface area contributed by atoms with Gasteiger partial charge in [0.2, 0.25) is 0 Å². The quantitative estimate of drug-likeness (QED) is 0.930. The number of ether oxygens (including phenoxy) is 1. The molecule has 0 atom stereocenters. The Labute approximate surface area is 115 Å². The summed E-state index contributed by atoms with van der Waals surface area (Å²) in [5.74, 6) is 0.669. The van der Waals surface area contributed by atoms with Crippen molar-refractivity contribution in [2.24, 2.45) is 0 Å². The average molecular weight is 313 g/mol. The number of aliphatic hydroxyl groups is 1. The molecule has 2 rings (SSSR count). The van der Waals surface area contributed by atoms with Crippen LogP contribution in [0, 0.1) is 0 Å². The maximum Gasteiger partial charge on any atom is 0.168 e. The number of carbonyl (C=O) groups excluding carboxylic acids is 1. The fraction of sp³-hybridized carbons (Fsp3) is 0.500. The highest BCUT2D eigenvalue weighted by atomic mass is 79.9. The van der Waals surface area contributed by atoms with Crippen molar-refractivity contribution in [2.45, 2.75) is 37.7 Å². The van der Waals surface area contributed by atoms with Gasteiger partial charge in [0.25, 0.3) is 0 Å². The van der Waals surface area contributed by atoms with E-state index in [1.54, 1.807) is 7.11 Å². The molecule has 1 fully saturated rings. The maximum atomic E-state index is 12.1. The summed E-state index contributed by atoms with van der Waals surface area (Å²) in [5.41, 5.74) is -0.195. The Morgan fingerprint density at radius 1 is 1.44 bits per heavy atom. The van der Waals surface area contributed by atoms with Gasteiger partial charge in [-0.2, -0.15) is 0 Å². The van der Waals surface area contributed by atoms with Gasteiger partial charge in [0.15, 0.2) is 5.78 Å². The predicted octanol–water partition coefficient (Wildman–Crippen LogP) is 2.87. The van der Waals surface area contributed by atoms with Gasteiger partial charge in [-0.05, 0) is 59.3 Å². The van der Waals surface area contributed by atoms with Gasteiger partial charge in [-0.3, -0.25) is 4.79 Å². The molecular weight excluding hydrogens is 296 g/mol. The van der Waals surface area contributed by atoms with Crippen LogP contribution in [0.15, 0.2) is 22.7 Å². The van der Waals surface area contributed by atoms with E-state index < -0.39 is 5.60 Å². The van der Waals surface area contributed by atoms with Crippen LogP contribution in [0.5, 0.6) is 5.75 Å². The first kappa shape index (κ1) is 13.6. The van der Waals surface area contributed by atoms with Crippen LogP contribution in [0.2, 0.25) is 0 Å². The van der Waals surface area contributed by atoms with Gasteiger partial charge in [0, 0.05) is 6.42 Å². The lowest BCUT2D eigenvalue weighted by molar-refractivity contribution is -0.136. The second-order valence-corrected chi connectivity index (χ2v) is 5.66. The monoisotopic (exact) mass is 312 g/mol. The first-order chi connectivity index (χ1) is 8.55. The number of rotatable bonds is 4. The van der Waals surface area contributed by atoms with Crippen molar-refractivity contribution in [1.82, 2.24) is 0 Å². The third kappa shape index (κ3) is 2.75. The van der Waals surface area contributed by atoms with Crippen LogP contribution in [-0.2, 0) is 11.2 Å². The summed E-state index contributed by atoms with van der Waals surface area (Å²) in [6, 6.07) is 5.56. The molecule has 1 aromatic carbocycles. The summed E-state index contributed by atoms with van der Waals surface area (Å²) in [6.45, 7) is 0. The van der Waals surface area contributed by atoms with Crippen molar-refractivity contribution in [3.05, 3.63) is 28.2 Å². The van der Waals surface area contributed by atoms with E-state index in [1.165, 1.54) is 0 Å². The van der Waals surface area contributed by atoms with Gasteiger partial charge in [0.1, 0.15) is 11.4 Å². The van der Waals surface area contributed by atoms with Crippen LogP contribution in [0.4, 0.5) is 0 Å². The van der Waals surface area contributed by atoms with Crippen molar-refractivity contribution in [2.75, 3.05) is 7.11 Å². The summed E-state index contributed by atoms with van der Waals surface area (Å²) in [6.07, 6.45) is 3.36. The van der Waals surface area contributed by atoms with E-state index >= 15 is 0 Å². The molecule has 0 spiro atoms. The summed E-state index contributed by atoms with van der Waals surface area (Å²) < 4.78 is 5.97. The Hall–Kier alpha value is -0.870. The first-order valence-corrected chi connectivity index (χ1v) is 6.92. The van der Waals surface area contributed by atoms with E-state index in [0.29, 0.717) is 12.8 Å². The minimum Gasteiger partial charge on any atom is -0.496 e. The van der Waals surface area contributed by atoms with Crippen molar-refractivity contribution < 1.29 is 14.6 Å². The largest absolute Gasteiger partial charge is 0.496 e. The van der Waals surface area contributed by atoms with Crippen molar-refractivity contribution >= 4 is 21.7 Å². The number of ketones is 1. The lowest BCUT2D eigenvalue weighted by Crippen LogP contribution is -2.36. The van der Waals surface area contributed by atoms with Gasteiger partial charge >= 0.3 is 0 Å². The molecule has 98 valence electrons. The van der Waals surface area contributed by atoms with E-state index in [4.69, 9.17) is 4.74 Å². The average Bonchev–Trinajstić information content (AvgIpc) is 2.78. The smallest absolute Gasteiger partial charge is 0.168 e. The summed E-state index contributed by atoms with van der Waals surface area (Å²) in [5, 5.41) is 10.2. The highest BCUT2D eigenvalue weighted by molar-refractivity contribution is 9.10. The highest BCUT2D eigenvalue weighted by Gasteiger charge is 2.38. The number of benzene rings is 1. The van der Waals surface area contributed by atoms with Crippen molar-refractivity contribution in [3.8, 4) is 5.75 Å². The minimum absolute atomic E-state index is 0.0722. The Bertz CT molecular complexity index is 450. The molecule has 0 unspecified atom stereocenters. The van der Waals surface area contributed by atoms with E-state index in [2.05, 4.69) is 15.9 Å². The molecule has 0 heterocycles. The fourth-order valence-corrected chi connectivity index (χ4v) is 3.00. The summed E-state index contributed by atoms with van der Waals surface area (Å²) in [7, 11) is 1.60. The SMILES string of the molecule is COc1ccc(CC(=O)C2(O)CCCC2)cc1Br. The maximum absolute atomic E-state index is 12.1. The molecule has 0 aliphatic heterocycles. The molecule has 0 radical (unpaired) electrons. The Morgan fingerprint density at radius 2 is 2.11 bits per heavy atom. The Morgan fingerprint density at radius 3 is 2.67 bits per heavy atom. The minimum atomic E-state index is -1.09. The van der Waals surface area contributed by atoms with Crippen LogP contribution < -0.4 is 4.74 Å². The zero-order valence-corrected chi connectivity index (χ0v) is 12.0. The van der Waals surface area contributed by atoms with Gasteiger partial charge in [-0.25, -0.2) is 0 Å². The Balaban J connectivity index is 2.09. The van der Waals surface area contributed by atoms with Crippen LogP contribution in [0.25, 0.3) is 0 Å². The zero-order chi connectivity index (χ0) is 13.2. The van der Waals surface area contributed by atoms with Crippen LogP contribution in [0.3, 0.4) is 0 Å². The topological polar surface area (TPSA) is 46.5 Å². The molecule has 1 N–H and O–H groups in total. The molecule has 3 nitrogen and oxygen atoms in total. The predicted molar refractivity (Wildman–Crippen MR) is 72.8 cm³/mol. The molecule has 0 saturated heterocycles. The number of Topliss-reactive ketones (excluding diaryl/α,β-unsaturated/α-hetero) is 1. The van der Waals surface area contributed by atoms with Gasteiger partial charge in [0.05, 0.1) is 11.6 Å². The van der Waals surface area contributed by atoms with Crippen molar-refractivity contribution in [1.29, 1.82) is 0 Å². The third-order valence-electron chi connectivity index (χ3n) is 3.53. The standard InChI is InChI=1S/C14H17BrO3/c1-18-12-5-4-10(8-11(12)15)9-13(16)14(17)6-2-3-7-14/h4-5,8,17H,2-3,6-7,9H2,1H3. The fourth-order valence-electron chi connectivity index (χ4n) is 2.41. The molecule has 1 saturated carbocycles. The molecule has 0 amide bonds.